The number of H-pyrrole nitrogens is 1. The molecular formula is C12H15N3. The lowest BCUT2D eigenvalue weighted by molar-refractivity contribution is 0.677. The minimum atomic E-state index is 0.901. The molecule has 2 aromatic rings. The highest BCUT2D eigenvalue weighted by atomic mass is 14.9. The van der Waals surface area contributed by atoms with Crippen LogP contribution in [0.1, 0.15) is 11.3 Å². The maximum Gasteiger partial charge on any atom is 0.0357 e. The first-order valence-electron chi connectivity index (χ1n) is 5.17. The van der Waals surface area contributed by atoms with E-state index in [-0.39, 0.29) is 0 Å². The minimum absolute atomic E-state index is 0.901. The van der Waals surface area contributed by atoms with Crippen LogP contribution in [-0.2, 0) is 13.0 Å². The summed E-state index contributed by atoms with van der Waals surface area (Å²) < 4.78 is 0. The highest BCUT2D eigenvalue weighted by Gasteiger charge is 1.93. The minimum Gasteiger partial charge on any atom is -0.364 e. The van der Waals surface area contributed by atoms with Crippen molar-refractivity contribution in [3.8, 4) is 0 Å². The number of pyridine rings is 1. The fraction of sp³-hybridized carbons (Fsp3) is 0.250. The van der Waals surface area contributed by atoms with Crippen LogP contribution < -0.4 is 5.32 Å². The molecule has 0 atom stereocenters. The molecule has 78 valence electrons. The lowest BCUT2D eigenvalue weighted by Crippen LogP contribution is -2.16. The van der Waals surface area contributed by atoms with Gasteiger partial charge in [0.05, 0.1) is 0 Å². The quantitative estimate of drug-likeness (QED) is 0.723. The van der Waals surface area contributed by atoms with Crippen molar-refractivity contribution in [2.45, 2.75) is 13.0 Å². The van der Waals surface area contributed by atoms with Crippen LogP contribution in [-0.4, -0.2) is 16.5 Å². The molecule has 3 nitrogen and oxygen atoms in total. The summed E-state index contributed by atoms with van der Waals surface area (Å²) in [4.78, 5) is 7.15. The third-order valence-corrected chi connectivity index (χ3v) is 2.32. The molecule has 0 aliphatic carbocycles. The second kappa shape index (κ2) is 5.32. The largest absolute Gasteiger partial charge is 0.364 e. The van der Waals surface area contributed by atoms with E-state index < -0.39 is 0 Å². The number of nitrogens with zero attached hydrogens (tertiary/aromatic N) is 1. The molecule has 0 aliphatic heterocycles. The molecular weight excluding hydrogens is 186 g/mol. The molecule has 0 bridgehead atoms. The van der Waals surface area contributed by atoms with Crippen LogP contribution in [0.15, 0.2) is 42.9 Å². The first-order chi connectivity index (χ1) is 7.45. The zero-order valence-electron chi connectivity index (χ0n) is 8.61. The van der Waals surface area contributed by atoms with E-state index in [1.54, 1.807) is 0 Å². The summed E-state index contributed by atoms with van der Waals surface area (Å²) in [6.45, 7) is 1.89. The van der Waals surface area contributed by atoms with E-state index in [0.717, 1.165) is 19.5 Å². The topological polar surface area (TPSA) is 40.7 Å². The molecule has 2 heterocycles. The van der Waals surface area contributed by atoms with E-state index in [4.69, 9.17) is 0 Å². The van der Waals surface area contributed by atoms with Crippen molar-refractivity contribution in [3.63, 3.8) is 0 Å². The van der Waals surface area contributed by atoms with E-state index in [1.165, 1.54) is 11.3 Å². The Labute approximate surface area is 89.6 Å². The average Bonchev–Trinajstić information content (AvgIpc) is 2.79. The second-order valence-electron chi connectivity index (χ2n) is 3.48. The Morgan fingerprint density at radius 1 is 1.20 bits per heavy atom. The SMILES string of the molecule is c1c[nH]c(CNCCc2ccncc2)c1. The third kappa shape index (κ3) is 3.22. The zero-order chi connectivity index (χ0) is 10.3. The molecule has 2 aromatic heterocycles. The number of rotatable bonds is 5. The Hall–Kier alpha value is -1.61. The van der Waals surface area contributed by atoms with E-state index in [1.807, 2.05) is 24.7 Å². The second-order valence-corrected chi connectivity index (χ2v) is 3.48. The highest BCUT2D eigenvalue weighted by molar-refractivity contribution is 5.10. The summed E-state index contributed by atoms with van der Waals surface area (Å²) in [6.07, 6.45) is 6.66. The van der Waals surface area contributed by atoms with Gasteiger partial charge in [-0.25, -0.2) is 0 Å². The lowest BCUT2D eigenvalue weighted by atomic mass is 10.2. The van der Waals surface area contributed by atoms with Crippen molar-refractivity contribution in [2.24, 2.45) is 0 Å². The van der Waals surface area contributed by atoms with Gasteiger partial charge in [-0.05, 0) is 42.8 Å². The highest BCUT2D eigenvalue weighted by Crippen LogP contribution is 1.97. The van der Waals surface area contributed by atoms with E-state index in [9.17, 15) is 0 Å². The summed E-state index contributed by atoms with van der Waals surface area (Å²) in [7, 11) is 0. The van der Waals surface area contributed by atoms with Crippen LogP contribution in [0.2, 0.25) is 0 Å². The summed E-state index contributed by atoms with van der Waals surface area (Å²) in [5.74, 6) is 0. The van der Waals surface area contributed by atoms with Gasteiger partial charge in [-0.3, -0.25) is 4.98 Å². The Balaban J connectivity index is 1.68. The van der Waals surface area contributed by atoms with Gasteiger partial charge in [0, 0.05) is 30.8 Å². The fourth-order valence-electron chi connectivity index (χ4n) is 1.48. The van der Waals surface area contributed by atoms with Crippen LogP contribution in [0.4, 0.5) is 0 Å². The molecule has 0 saturated heterocycles. The van der Waals surface area contributed by atoms with Crippen molar-refractivity contribution >= 4 is 0 Å². The fourth-order valence-corrected chi connectivity index (χ4v) is 1.48. The zero-order valence-corrected chi connectivity index (χ0v) is 8.61. The first-order valence-corrected chi connectivity index (χ1v) is 5.17. The normalized spacial score (nSPS) is 10.4. The first kappa shape index (κ1) is 9.93. The molecule has 2 N–H and O–H groups in total. The molecule has 0 spiro atoms. The van der Waals surface area contributed by atoms with Crippen molar-refractivity contribution in [1.82, 2.24) is 15.3 Å². The summed E-state index contributed by atoms with van der Waals surface area (Å²) >= 11 is 0. The predicted molar refractivity (Wildman–Crippen MR) is 60.4 cm³/mol. The van der Waals surface area contributed by atoms with Crippen molar-refractivity contribution in [1.29, 1.82) is 0 Å². The van der Waals surface area contributed by atoms with Gasteiger partial charge in [0.2, 0.25) is 0 Å². The van der Waals surface area contributed by atoms with Gasteiger partial charge in [0.15, 0.2) is 0 Å². The van der Waals surface area contributed by atoms with Gasteiger partial charge in [-0.15, -0.1) is 0 Å². The van der Waals surface area contributed by atoms with Crippen LogP contribution in [0, 0.1) is 0 Å². The number of aromatic nitrogens is 2. The van der Waals surface area contributed by atoms with E-state index >= 15 is 0 Å². The third-order valence-electron chi connectivity index (χ3n) is 2.32. The molecule has 0 amide bonds. The van der Waals surface area contributed by atoms with Gasteiger partial charge in [0.25, 0.3) is 0 Å². The molecule has 3 heteroatoms. The Kier molecular flexibility index (Phi) is 3.52. The molecule has 0 saturated carbocycles. The smallest absolute Gasteiger partial charge is 0.0357 e. The molecule has 0 aliphatic rings. The monoisotopic (exact) mass is 201 g/mol. The van der Waals surface area contributed by atoms with Crippen molar-refractivity contribution in [2.75, 3.05) is 6.54 Å². The van der Waals surface area contributed by atoms with Crippen LogP contribution in [0.3, 0.4) is 0 Å². The van der Waals surface area contributed by atoms with Crippen LogP contribution in [0.25, 0.3) is 0 Å². The molecule has 2 rings (SSSR count). The van der Waals surface area contributed by atoms with Gasteiger partial charge in [0.1, 0.15) is 0 Å². The Morgan fingerprint density at radius 2 is 2.07 bits per heavy atom. The summed E-state index contributed by atoms with van der Waals surface area (Å²) in [5.41, 5.74) is 2.55. The van der Waals surface area contributed by atoms with Crippen LogP contribution >= 0.6 is 0 Å². The van der Waals surface area contributed by atoms with Crippen molar-refractivity contribution < 1.29 is 0 Å². The van der Waals surface area contributed by atoms with Gasteiger partial charge < -0.3 is 10.3 Å². The maximum absolute atomic E-state index is 3.99. The van der Waals surface area contributed by atoms with Crippen LogP contribution in [0.5, 0.6) is 0 Å². The maximum atomic E-state index is 3.99. The number of hydrogen-bond acceptors (Lipinski definition) is 2. The molecule has 0 aromatic carbocycles. The van der Waals surface area contributed by atoms with Gasteiger partial charge in [-0.2, -0.15) is 0 Å². The van der Waals surface area contributed by atoms with Crippen molar-refractivity contribution in [3.05, 3.63) is 54.1 Å². The Morgan fingerprint density at radius 3 is 2.80 bits per heavy atom. The molecule has 0 unspecified atom stereocenters. The lowest BCUT2D eigenvalue weighted by Gasteiger charge is -2.03. The van der Waals surface area contributed by atoms with E-state index in [0.29, 0.717) is 0 Å². The standard InChI is InChI=1S/C12H15N3/c1-2-12(15-6-1)10-14-9-5-11-3-7-13-8-4-11/h1-4,6-8,14-15H,5,9-10H2. The predicted octanol–water partition coefficient (Wildman–Crippen LogP) is 1.74. The molecule has 0 radical (unpaired) electrons. The Bertz CT molecular complexity index is 367. The number of nitrogens with one attached hydrogen (secondary N) is 2. The average molecular weight is 201 g/mol. The summed E-state index contributed by atoms with van der Waals surface area (Å²) in [6, 6.07) is 8.20. The van der Waals surface area contributed by atoms with Gasteiger partial charge >= 0.3 is 0 Å². The molecule has 0 fully saturated rings. The summed E-state index contributed by atoms with van der Waals surface area (Å²) in [5, 5.41) is 3.38. The molecule has 15 heavy (non-hydrogen) atoms. The van der Waals surface area contributed by atoms with Gasteiger partial charge in [-0.1, -0.05) is 0 Å². The van der Waals surface area contributed by atoms with E-state index in [2.05, 4.69) is 33.5 Å². The number of aromatic amines is 1. The number of hydrogen-bond donors (Lipinski definition) is 2.